The minimum atomic E-state index is -0.595. The topological polar surface area (TPSA) is 87.9 Å². The number of amides is 1. The van der Waals surface area contributed by atoms with Gasteiger partial charge in [-0.3, -0.25) is 24.3 Å². The summed E-state index contributed by atoms with van der Waals surface area (Å²) in [5, 5.41) is 12.4. The molecule has 1 atom stereocenters. The molecule has 1 aromatic carbocycles. The van der Waals surface area contributed by atoms with Crippen molar-refractivity contribution in [3.63, 3.8) is 0 Å². The molecular weight excluding hydrogens is 396 g/mol. The largest absolute Gasteiger partial charge is 0.502 e. The number of aromatic nitrogens is 2. The highest BCUT2D eigenvalue weighted by Crippen LogP contribution is 2.36. The maximum atomic E-state index is 13.1. The van der Waals surface area contributed by atoms with Gasteiger partial charge in [-0.1, -0.05) is 30.3 Å². The molecule has 0 saturated carbocycles. The van der Waals surface area contributed by atoms with Crippen molar-refractivity contribution in [1.29, 1.82) is 0 Å². The quantitative estimate of drug-likeness (QED) is 0.611. The van der Waals surface area contributed by atoms with E-state index in [-0.39, 0.29) is 18.4 Å². The molecule has 0 aliphatic carbocycles. The lowest BCUT2D eigenvalue weighted by Gasteiger charge is -2.43. The molecular formula is C23H20N4O4. The average Bonchev–Trinajstić information content (AvgIpc) is 2.82. The molecule has 1 amide bonds. The predicted octanol–water partition coefficient (Wildman–Crippen LogP) is 2.04. The van der Waals surface area contributed by atoms with Gasteiger partial charge in [-0.2, -0.15) is 0 Å². The van der Waals surface area contributed by atoms with Crippen molar-refractivity contribution in [3.8, 4) is 11.5 Å². The Morgan fingerprint density at radius 2 is 1.94 bits per heavy atom. The molecule has 0 spiro atoms. The van der Waals surface area contributed by atoms with Crippen LogP contribution in [0.15, 0.2) is 78.0 Å². The second kappa shape index (κ2) is 7.64. The number of nitrogens with zero attached hydrogens (tertiary/aromatic N) is 4. The second-order valence-corrected chi connectivity index (χ2v) is 7.34. The molecule has 5 rings (SSSR count). The van der Waals surface area contributed by atoms with Crippen LogP contribution in [0, 0.1) is 0 Å². The number of ether oxygens (including phenoxy) is 1. The van der Waals surface area contributed by atoms with Gasteiger partial charge in [-0.25, -0.2) is 0 Å². The third kappa shape index (κ3) is 3.22. The van der Waals surface area contributed by atoms with Gasteiger partial charge in [0.25, 0.3) is 5.91 Å². The number of hydrogen-bond donors (Lipinski definition) is 1. The van der Waals surface area contributed by atoms with Crippen molar-refractivity contribution in [3.05, 3.63) is 100 Å². The van der Waals surface area contributed by atoms with E-state index < -0.39 is 17.1 Å². The summed E-state index contributed by atoms with van der Waals surface area (Å²) in [6.45, 7) is 0.915. The molecule has 3 aromatic rings. The van der Waals surface area contributed by atoms with Crippen LogP contribution in [0.3, 0.4) is 0 Å². The number of aromatic hydroxyl groups is 1. The summed E-state index contributed by atoms with van der Waals surface area (Å²) in [7, 11) is 0. The Kier molecular flexibility index (Phi) is 4.66. The molecule has 31 heavy (non-hydrogen) atoms. The molecule has 0 unspecified atom stereocenters. The molecule has 4 heterocycles. The molecule has 0 saturated heterocycles. The van der Waals surface area contributed by atoms with Crippen molar-refractivity contribution in [2.24, 2.45) is 0 Å². The Morgan fingerprint density at radius 1 is 1.06 bits per heavy atom. The number of fused-ring (bicyclic) bond motifs is 5. The minimum absolute atomic E-state index is 0.0568. The van der Waals surface area contributed by atoms with Gasteiger partial charge in [0, 0.05) is 36.8 Å². The number of benzene rings is 1. The van der Waals surface area contributed by atoms with Crippen LogP contribution < -0.4 is 15.2 Å². The van der Waals surface area contributed by atoms with Gasteiger partial charge in [0.2, 0.25) is 5.43 Å². The van der Waals surface area contributed by atoms with E-state index in [1.807, 2.05) is 53.6 Å². The minimum Gasteiger partial charge on any atom is -0.502 e. The fourth-order valence-corrected chi connectivity index (χ4v) is 4.03. The van der Waals surface area contributed by atoms with E-state index in [1.165, 1.54) is 12.3 Å². The number of carbonyl (C=O) groups excluding carboxylic acids is 1. The first-order valence-corrected chi connectivity index (χ1v) is 9.92. The van der Waals surface area contributed by atoms with Gasteiger partial charge < -0.3 is 14.7 Å². The molecule has 2 aromatic heterocycles. The maximum Gasteiger partial charge on any atom is 0.278 e. The van der Waals surface area contributed by atoms with Crippen LogP contribution in [0.4, 0.5) is 0 Å². The second-order valence-electron chi connectivity index (χ2n) is 7.34. The zero-order valence-electron chi connectivity index (χ0n) is 16.6. The van der Waals surface area contributed by atoms with Crippen LogP contribution in [0.1, 0.15) is 27.7 Å². The van der Waals surface area contributed by atoms with Crippen LogP contribution in [-0.4, -0.2) is 45.4 Å². The SMILES string of the molecule is O=C1c2c(O)c(=O)ccn2N2CN1C/C=C\COc1ccccc1[C@@H]2c1cccnc1. The Labute approximate surface area is 178 Å². The van der Waals surface area contributed by atoms with Gasteiger partial charge in [0.1, 0.15) is 25.1 Å². The highest BCUT2D eigenvalue weighted by atomic mass is 16.5. The van der Waals surface area contributed by atoms with Crippen LogP contribution in [-0.2, 0) is 0 Å². The third-order valence-corrected chi connectivity index (χ3v) is 5.48. The maximum absolute atomic E-state index is 13.1. The predicted molar refractivity (Wildman–Crippen MR) is 114 cm³/mol. The van der Waals surface area contributed by atoms with Crippen LogP contribution in [0.5, 0.6) is 11.5 Å². The molecule has 156 valence electrons. The smallest absolute Gasteiger partial charge is 0.278 e. The van der Waals surface area contributed by atoms with E-state index >= 15 is 0 Å². The van der Waals surface area contributed by atoms with E-state index in [0.717, 1.165) is 11.1 Å². The molecule has 0 fully saturated rings. The molecule has 0 radical (unpaired) electrons. The van der Waals surface area contributed by atoms with Crippen molar-refractivity contribution < 1.29 is 14.6 Å². The summed E-state index contributed by atoms with van der Waals surface area (Å²) < 4.78 is 7.59. The molecule has 2 aliphatic rings. The van der Waals surface area contributed by atoms with Crippen LogP contribution in [0.25, 0.3) is 0 Å². The van der Waals surface area contributed by atoms with E-state index in [1.54, 1.807) is 22.0 Å². The summed E-state index contributed by atoms with van der Waals surface area (Å²) in [6.07, 6.45) is 8.68. The number of para-hydroxylation sites is 1. The third-order valence-electron chi connectivity index (χ3n) is 5.48. The van der Waals surface area contributed by atoms with Crippen molar-refractivity contribution in [2.45, 2.75) is 6.04 Å². The summed E-state index contributed by atoms with van der Waals surface area (Å²) in [6, 6.07) is 12.4. The normalized spacial score (nSPS) is 19.0. The van der Waals surface area contributed by atoms with Crippen molar-refractivity contribution in [1.82, 2.24) is 14.6 Å². The zero-order chi connectivity index (χ0) is 21.4. The Balaban J connectivity index is 1.80. The summed E-state index contributed by atoms with van der Waals surface area (Å²) >= 11 is 0. The lowest BCUT2D eigenvalue weighted by Crippen LogP contribution is -2.55. The first kappa shape index (κ1) is 18.9. The Bertz CT molecular complexity index is 1220. The Morgan fingerprint density at radius 3 is 2.77 bits per heavy atom. The molecule has 1 N–H and O–H groups in total. The fourth-order valence-electron chi connectivity index (χ4n) is 4.03. The lowest BCUT2D eigenvalue weighted by atomic mass is 9.98. The molecule has 2 aliphatic heterocycles. The van der Waals surface area contributed by atoms with Gasteiger partial charge >= 0.3 is 0 Å². The lowest BCUT2D eigenvalue weighted by molar-refractivity contribution is 0.0701. The van der Waals surface area contributed by atoms with E-state index in [0.29, 0.717) is 18.9 Å². The van der Waals surface area contributed by atoms with Crippen molar-refractivity contribution in [2.75, 3.05) is 24.8 Å². The Hall–Kier alpha value is -4.07. The summed E-state index contributed by atoms with van der Waals surface area (Å²) in [5.74, 6) is -0.261. The van der Waals surface area contributed by atoms with Crippen LogP contribution >= 0.6 is 0 Å². The van der Waals surface area contributed by atoms with Crippen molar-refractivity contribution >= 4 is 5.91 Å². The molecule has 8 nitrogen and oxygen atoms in total. The molecule has 8 heteroatoms. The number of hydrogen-bond acceptors (Lipinski definition) is 6. The standard InChI is InChI=1S/C23H20N4O4/c28-18-9-12-26-21(22(18)29)23(30)25-11-3-4-13-31-19-8-2-1-7-17(19)20(27(26)15-25)16-6-5-10-24-14-16/h1-10,12,14,20,29H,11,13,15H2/b4-3-/t20-/m0/s1. The van der Waals surface area contributed by atoms with Gasteiger partial charge in [0.15, 0.2) is 11.4 Å². The molecule has 2 bridgehead atoms. The number of carbonyl (C=O) groups is 1. The van der Waals surface area contributed by atoms with E-state index in [4.69, 9.17) is 4.74 Å². The highest BCUT2D eigenvalue weighted by Gasteiger charge is 2.37. The first-order valence-electron chi connectivity index (χ1n) is 9.92. The number of rotatable bonds is 1. The summed E-state index contributed by atoms with van der Waals surface area (Å²) in [5.41, 5.74) is 1.11. The van der Waals surface area contributed by atoms with Gasteiger partial charge in [-0.15, -0.1) is 0 Å². The average molecular weight is 416 g/mol. The highest BCUT2D eigenvalue weighted by molar-refractivity contribution is 5.96. The fraction of sp³-hybridized carbons (Fsp3) is 0.174. The van der Waals surface area contributed by atoms with E-state index in [2.05, 4.69) is 4.98 Å². The monoisotopic (exact) mass is 416 g/mol. The first-order chi connectivity index (χ1) is 15.1. The van der Waals surface area contributed by atoms with Gasteiger partial charge in [0.05, 0.1) is 0 Å². The van der Waals surface area contributed by atoms with E-state index in [9.17, 15) is 14.7 Å². The zero-order valence-corrected chi connectivity index (χ0v) is 16.6. The number of pyridine rings is 2. The van der Waals surface area contributed by atoms with Gasteiger partial charge in [-0.05, 0) is 23.8 Å². The summed E-state index contributed by atoms with van der Waals surface area (Å²) in [4.78, 5) is 31.2. The van der Waals surface area contributed by atoms with Crippen LogP contribution in [0.2, 0.25) is 0 Å².